The van der Waals surface area contributed by atoms with Crippen LogP contribution >= 0.6 is 0 Å². The zero-order valence-corrected chi connectivity index (χ0v) is 21.7. The quantitative estimate of drug-likeness (QED) is 0.285. The standard InChI is InChI=1S/C29H30N2O5S/c1-3-35-26-14-11-25(12-15-26)31(37(33,34)28-16-8-22(2)9-17-28)21-29(32)30-18-19-36-27-13-10-23-6-4-5-7-24(23)20-27/h4-17,20H,3,18-19,21H2,1-2H3,(H,30,32). The highest BCUT2D eigenvalue weighted by Gasteiger charge is 2.27. The van der Waals surface area contributed by atoms with Crippen LogP contribution in [0.15, 0.2) is 95.9 Å². The van der Waals surface area contributed by atoms with E-state index >= 15 is 0 Å². The smallest absolute Gasteiger partial charge is 0.264 e. The molecule has 0 heterocycles. The molecular formula is C29H30N2O5S. The third-order valence-corrected chi connectivity index (χ3v) is 7.53. The predicted octanol–water partition coefficient (Wildman–Crippen LogP) is 4.94. The molecule has 0 radical (unpaired) electrons. The van der Waals surface area contributed by atoms with Crippen molar-refractivity contribution in [2.24, 2.45) is 0 Å². The summed E-state index contributed by atoms with van der Waals surface area (Å²) in [6.45, 7) is 4.35. The largest absolute Gasteiger partial charge is 0.494 e. The average molecular weight is 519 g/mol. The Morgan fingerprint density at radius 3 is 2.22 bits per heavy atom. The molecule has 0 fully saturated rings. The van der Waals surface area contributed by atoms with Gasteiger partial charge in [0.25, 0.3) is 10.0 Å². The fraction of sp³-hybridized carbons (Fsp3) is 0.207. The Balaban J connectivity index is 1.43. The van der Waals surface area contributed by atoms with Crippen molar-refractivity contribution in [1.29, 1.82) is 0 Å². The zero-order valence-electron chi connectivity index (χ0n) is 20.9. The Kier molecular flexibility index (Phi) is 8.30. The van der Waals surface area contributed by atoms with Gasteiger partial charge in [0.15, 0.2) is 0 Å². The van der Waals surface area contributed by atoms with Crippen LogP contribution in [0, 0.1) is 6.92 Å². The van der Waals surface area contributed by atoms with Crippen LogP contribution in [0.2, 0.25) is 0 Å². The van der Waals surface area contributed by atoms with Gasteiger partial charge in [0.2, 0.25) is 5.91 Å². The molecule has 0 aliphatic carbocycles. The van der Waals surface area contributed by atoms with Gasteiger partial charge >= 0.3 is 0 Å². The van der Waals surface area contributed by atoms with Gasteiger partial charge in [-0.25, -0.2) is 8.42 Å². The second-order valence-electron chi connectivity index (χ2n) is 8.46. The van der Waals surface area contributed by atoms with Gasteiger partial charge in [-0.1, -0.05) is 48.0 Å². The number of aryl methyl sites for hydroxylation is 1. The van der Waals surface area contributed by atoms with Crippen molar-refractivity contribution in [3.8, 4) is 11.5 Å². The summed E-state index contributed by atoms with van der Waals surface area (Å²) in [7, 11) is -3.99. The highest BCUT2D eigenvalue weighted by molar-refractivity contribution is 7.92. The van der Waals surface area contributed by atoms with Gasteiger partial charge in [-0.05, 0) is 73.2 Å². The summed E-state index contributed by atoms with van der Waals surface area (Å²) in [5.41, 5.74) is 1.31. The molecule has 1 N–H and O–H groups in total. The molecule has 192 valence electrons. The van der Waals surface area contributed by atoms with Crippen molar-refractivity contribution in [2.75, 3.05) is 30.6 Å². The number of amides is 1. The van der Waals surface area contributed by atoms with Gasteiger partial charge < -0.3 is 14.8 Å². The number of ether oxygens (including phenoxy) is 2. The summed E-state index contributed by atoms with van der Waals surface area (Å²) in [6.07, 6.45) is 0. The van der Waals surface area contributed by atoms with E-state index in [9.17, 15) is 13.2 Å². The third kappa shape index (κ3) is 6.59. The Morgan fingerprint density at radius 2 is 1.51 bits per heavy atom. The molecular weight excluding hydrogens is 488 g/mol. The van der Waals surface area contributed by atoms with E-state index in [0.29, 0.717) is 23.8 Å². The normalized spacial score (nSPS) is 11.2. The van der Waals surface area contributed by atoms with Crippen LogP contribution in [-0.2, 0) is 14.8 Å². The maximum Gasteiger partial charge on any atom is 0.264 e. The minimum atomic E-state index is -3.99. The molecule has 0 saturated heterocycles. The summed E-state index contributed by atoms with van der Waals surface area (Å²) in [5.74, 6) is 0.881. The van der Waals surface area contributed by atoms with Crippen molar-refractivity contribution in [2.45, 2.75) is 18.7 Å². The number of carbonyl (C=O) groups excluding carboxylic acids is 1. The van der Waals surface area contributed by atoms with Crippen LogP contribution in [0.25, 0.3) is 10.8 Å². The van der Waals surface area contributed by atoms with Gasteiger partial charge in [-0.2, -0.15) is 0 Å². The predicted molar refractivity (Wildman–Crippen MR) is 146 cm³/mol. The van der Waals surface area contributed by atoms with E-state index in [2.05, 4.69) is 5.32 Å². The van der Waals surface area contributed by atoms with E-state index in [0.717, 1.165) is 20.6 Å². The van der Waals surface area contributed by atoms with Crippen molar-refractivity contribution < 1.29 is 22.7 Å². The fourth-order valence-electron chi connectivity index (χ4n) is 3.83. The molecule has 0 saturated carbocycles. The molecule has 0 aliphatic rings. The number of anilines is 1. The Bertz CT molecular complexity index is 1450. The molecule has 0 atom stereocenters. The van der Waals surface area contributed by atoms with E-state index < -0.39 is 15.9 Å². The Hall–Kier alpha value is -4.04. The molecule has 7 nitrogen and oxygen atoms in total. The van der Waals surface area contributed by atoms with Gasteiger partial charge in [-0.15, -0.1) is 0 Å². The molecule has 4 aromatic rings. The van der Waals surface area contributed by atoms with Crippen molar-refractivity contribution in [3.63, 3.8) is 0 Å². The minimum Gasteiger partial charge on any atom is -0.494 e. The van der Waals surface area contributed by atoms with Gasteiger partial charge in [-0.3, -0.25) is 9.10 Å². The first-order valence-electron chi connectivity index (χ1n) is 12.1. The van der Waals surface area contributed by atoms with Crippen molar-refractivity contribution in [1.82, 2.24) is 5.32 Å². The third-order valence-electron chi connectivity index (χ3n) is 5.75. The summed E-state index contributed by atoms with van der Waals surface area (Å²) in [5, 5.41) is 4.94. The number of hydrogen-bond donors (Lipinski definition) is 1. The SMILES string of the molecule is CCOc1ccc(N(CC(=O)NCCOc2ccc3ccccc3c2)S(=O)(=O)c2ccc(C)cc2)cc1. The molecule has 0 spiro atoms. The number of sulfonamides is 1. The number of carbonyl (C=O) groups is 1. The van der Waals surface area contributed by atoms with E-state index in [4.69, 9.17) is 9.47 Å². The van der Waals surface area contributed by atoms with Crippen LogP contribution in [0.3, 0.4) is 0 Å². The van der Waals surface area contributed by atoms with Crippen LogP contribution < -0.4 is 19.1 Å². The van der Waals surface area contributed by atoms with Crippen molar-refractivity contribution in [3.05, 3.63) is 96.6 Å². The topological polar surface area (TPSA) is 84.9 Å². The Labute approximate surface area is 217 Å². The lowest BCUT2D eigenvalue weighted by molar-refractivity contribution is -0.119. The number of fused-ring (bicyclic) bond motifs is 1. The molecule has 0 aromatic heterocycles. The van der Waals surface area contributed by atoms with E-state index in [1.54, 1.807) is 48.5 Å². The fourth-order valence-corrected chi connectivity index (χ4v) is 5.25. The molecule has 0 unspecified atom stereocenters. The van der Waals surface area contributed by atoms with E-state index in [1.165, 1.54) is 0 Å². The maximum absolute atomic E-state index is 13.5. The van der Waals surface area contributed by atoms with E-state index in [1.807, 2.05) is 56.3 Å². The first-order valence-corrected chi connectivity index (χ1v) is 13.5. The van der Waals surface area contributed by atoms with Crippen LogP contribution in [0.5, 0.6) is 11.5 Å². The molecule has 1 amide bonds. The molecule has 4 aromatic carbocycles. The second-order valence-corrected chi connectivity index (χ2v) is 10.3. The number of hydrogen-bond acceptors (Lipinski definition) is 5. The number of nitrogens with one attached hydrogen (secondary N) is 1. The lowest BCUT2D eigenvalue weighted by Crippen LogP contribution is -2.41. The highest BCUT2D eigenvalue weighted by Crippen LogP contribution is 2.26. The summed E-state index contributed by atoms with van der Waals surface area (Å²) in [4.78, 5) is 12.9. The first-order chi connectivity index (χ1) is 17.9. The summed E-state index contributed by atoms with van der Waals surface area (Å²) < 4.78 is 39.4. The monoisotopic (exact) mass is 518 g/mol. The zero-order chi connectivity index (χ0) is 26.3. The summed E-state index contributed by atoms with van der Waals surface area (Å²) >= 11 is 0. The minimum absolute atomic E-state index is 0.111. The molecule has 0 bridgehead atoms. The molecule has 37 heavy (non-hydrogen) atoms. The van der Waals surface area contributed by atoms with Crippen LogP contribution in [0.4, 0.5) is 5.69 Å². The molecule has 8 heteroatoms. The number of rotatable bonds is 11. The van der Waals surface area contributed by atoms with Crippen molar-refractivity contribution >= 4 is 32.4 Å². The average Bonchev–Trinajstić information content (AvgIpc) is 2.90. The highest BCUT2D eigenvalue weighted by atomic mass is 32.2. The first kappa shape index (κ1) is 26.0. The second kappa shape index (κ2) is 11.8. The van der Waals surface area contributed by atoms with E-state index in [-0.39, 0.29) is 24.6 Å². The maximum atomic E-state index is 13.5. The van der Waals surface area contributed by atoms with Crippen LogP contribution in [-0.4, -0.2) is 40.6 Å². The lowest BCUT2D eigenvalue weighted by Gasteiger charge is -2.24. The van der Waals surface area contributed by atoms with Crippen LogP contribution in [0.1, 0.15) is 12.5 Å². The van der Waals surface area contributed by atoms with Gasteiger partial charge in [0.05, 0.1) is 23.7 Å². The Morgan fingerprint density at radius 1 is 0.838 bits per heavy atom. The lowest BCUT2D eigenvalue weighted by atomic mass is 10.1. The van der Waals surface area contributed by atoms with Gasteiger partial charge in [0.1, 0.15) is 24.7 Å². The molecule has 0 aliphatic heterocycles. The summed E-state index contributed by atoms with van der Waals surface area (Å²) in [6, 6.07) is 27.0. The number of nitrogens with zero attached hydrogens (tertiary/aromatic N) is 1. The molecule has 4 rings (SSSR count). The number of benzene rings is 4. The van der Waals surface area contributed by atoms with Gasteiger partial charge in [0, 0.05) is 0 Å².